The lowest BCUT2D eigenvalue weighted by Crippen LogP contribution is -2.11. The molecule has 0 radical (unpaired) electrons. The van der Waals surface area contributed by atoms with Crippen molar-refractivity contribution < 1.29 is 15.1 Å². The number of para-hydroxylation sites is 1. The molecule has 0 saturated carbocycles. The van der Waals surface area contributed by atoms with Crippen LogP contribution in [0.5, 0.6) is 5.75 Å². The summed E-state index contributed by atoms with van der Waals surface area (Å²) in [6.45, 7) is 1.46. The molecule has 2 aromatic rings. The monoisotopic (exact) mass is 275 g/mol. The molecule has 0 amide bonds. The van der Waals surface area contributed by atoms with Crippen molar-refractivity contribution in [3.05, 3.63) is 54.1 Å². The summed E-state index contributed by atoms with van der Waals surface area (Å²) in [5.74, 6) is 0.0546. The van der Waals surface area contributed by atoms with Crippen molar-refractivity contribution >= 4 is 23.4 Å². The van der Waals surface area contributed by atoms with Gasteiger partial charge in [-0.2, -0.15) is 4.47 Å². The number of benzene rings is 2. The highest BCUT2D eigenvalue weighted by molar-refractivity contribution is 8.00. The van der Waals surface area contributed by atoms with Gasteiger partial charge in [-0.1, -0.05) is 12.1 Å². The highest BCUT2D eigenvalue weighted by Crippen LogP contribution is 2.30. The molecular formula is C14H13NO3S. The Morgan fingerprint density at radius 2 is 1.74 bits per heavy atom. The smallest absolute Gasteiger partial charge is 0.162 e. The van der Waals surface area contributed by atoms with Gasteiger partial charge in [0.05, 0.1) is 5.69 Å². The molecule has 0 aromatic heterocycles. The maximum absolute atomic E-state index is 11.5. The standard InChI is InChI=1S/C14H13NO3S/c1-10(16)13-4-2-3-5-14(13)15(18)19-12-8-6-11(17)7-9-12/h2-9,17-18H,1H3. The van der Waals surface area contributed by atoms with Crippen LogP contribution in [-0.2, 0) is 0 Å². The van der Waals surface area contributed by atoms with E-state index in [0.29, 0.717) is 11.3 Å². The fourth-order valence-electron chi connectivity index (χ4n) is 1.59. The molecule has 5 heteroatoms. The van der Waals surface area contributed by atoms with Crippen molar-refractivity contribution in [1.82, 2.24) is 0 Å². The topological polar surface area (TPSA) is 60.8 Å². The molecule has 0 atom stereocenters. The number of anilines is 1. The summed E-state index contributed by atoms with van der Waals surface area (Å²) >= 11 is 1.06. The summed E-state index contributed by atoms with van der Waals surface area (Å²) in [5.41, 5.74) is 0.893. The van der Waals surface area contributed by atoms with Crippen LogP contribution in [0.1, 0.15) is 17.3 Å². The maximum atomic E-state index is 11.5. The van der Waals surface area contributed by atoms with Gasteiger partial charge in [-0.15, -0.1) is 0 Å². The van der Waals surface area contributed by atoms with Gasteiger partial charge in [-0.25, -0.2) is 0 Å². The Morgan fingerprint density at radius 1 is 1.11 bits per heavy atom. The molecule has 0 saturated heterocycles. The van der Waals surface area contributed by atoms with E-state index in [1.807, 2.05) is 0 Å². The van der Waals surface area contributed by atoms with Gasteiger partial charge in [0.2, 0.25) is 0 Å². The van der Waals surface area contributed by atoms with E-state index in [9.17, 15) is 15.1 Å². The Kier molecular flexibility index (Phi) is 4.09. The van der Waals surface area contributed by atoms with Crippen LogP contribution < -0.4 is 4.47 Å². The first-order chi connectivity index (χ1) is 9.08. The van der Waals surface area contributed by atoms with Crippen molar-refractivity contribution in [1.29, 1.82) is 0 Å². The molecule has 19 heavy (non-hydrogen) atoms. The second kappa shape index (κ2) is 5.77. The second-order valence-electron chi connectivity index (χ2n) is 3.93. The number of ketones is 1. The molecule has 2 rings (SSSR count). The lowest BCUT2D eigenvalue weighted by molar-refractivity contribution is 0.101. The number of carbonyl (C=O) groups is 1. The lowest BCUT2D eigenvalue weighted by Gasteiger charge is -2.17. The Bertz CT molecular complexity index is 583. The third kappa shape index (κ3) is 3.27. The number of nitrogens with zero attached hydrogens (tertiary/aromatic N) is 1. The Hall–Kier alpha value is -1.98. The molecule has 0 aliphatic heterocycles. The molecule has 0 heterocycles. The quantitative estimate of drug-likeness (QED) is 0.508. The number of phenolic OH excluding ortho intramolecular Hbond substituents is 1. The molecule has 0 fully saturated rings. The van der Waals surface area contributed by atoms with E-state index >= 15 is 0 Å². The van der Waals surface area contributed by atoms with Crippen LogP contribution in [0, 0.1) is 0 Å². The first-order valence-electron chi connectivity index (χ1n) is 5.64. The third-order valence-corrected chi connectivity index (χ3v) is 3.37. The van der Waals surface area contributed by atoms with Crippen LogP contribution >= 0.6 is 11.9 Å². The first-order valence-corrected chi connectivity index (χ1v) is 6.41. The van der Waals surface area contributed by atoms with Crippen molar-refractivity contribution in [2.45, 2.75) is 11.8 Å². The predicted molar refractivity (Wildman–Crippen MR) is 74.7 cm³/mol. The van der Waals surface area contributed by atoms with Gasteiger partial charge in [0.25, 0.3) is 0 Å². The zero-order chi connectivity index (χ0) is 13.8. The summed E-state index contributed by atoms with van der Waals surface area (Å²) in [7, 11) is 0. The fraction of sp³-hybridized carbons (Fsp3) is 0.0714. The minimum Gasteiger partial charge on any atom is -0.508 e. The van der Waals surface area contributed by atoms with Gasteiger partial charge in [-0.05, 0) is 43.3 Å². The first kappa shape index (κ1) is 13.5. The number of carbonyl (C=O) groups excluding carboxylic acids is 1. The van der Waals surface area contributed by atoms with Crippen molar-refractivity contribution in [2.24, 2.45) is 0 Å². The molecule has 0 aliphatic carbocycles. The van der Waals surface area contributed by atoms with Gasteiger partial charge in [0, 0.05) is 22.4 Å². The van der Waals surface area contributed by atoms with Gasteiger partial charge in [0.15, 0.2) is 5.78 Å². The Morgan fingerprint density at radius 3 is 2.37 bits per heavy atom. The van der Waals surface area contributed by atoms with Crippen LogP contribution in [-0.4, -0.2) is 16.1 Å². The zero-order valence-electron chi connectivity index (χ0n) is 10.3. The van der Waals surface area contributed by atoms with E-state index in [-0.39, 0.29) is 11.5 Å². The van der Waals surface area contributed by atoms with Crippen molar-refractivity contribution in [3.63, 3.8) is 0 Å². The number of rotatable bonds is 4. The summed E-state index contributed by atoms with van der Waals surface area (Å²) < 4.78 is 0.948. The predicted octanol–water partition coefficient (Wildman–Crippen LogP) is 3.50. The highest BCUT2D eigenvalue weighted by atomic mass is 32.2. The zero-order valence-corrected chi connectivity index (χ0v) is 11.1. The van der Waals surface area contributed by atoms with Crippen molar-refractivity contribution in [3.8, 4) is 5.75 Å². The van der Waals surface area contributed by atoms with Gasteiger partial charge < -0.3 is 5.11 Å². The van der Waals surface area contributed by atoms with E-state index in [0.717, 1.165) is 21.3 Å². The van der Waals surface area contributed by atoms with Gasteiger partial charge in [0.1, 0.15) is 5.75 Å². The molecular weight excluding hydrogens is 262 g/mol. The van der Waals surface area contributed by atoms with E-state index in [4.69, 9.17) is 0 Å². The van der Waals surface area contributed by atoms with Crippen LogP contribution in [0.4, 0.5) is 5.69 Å². The van der Waals surface area contributed by atoms with E-state index in [1.54, 1.807) is 36.4 Å². The number of phenols is 1. The van der Waals surface area contributed by atoms with Gasteiger partial charge >= 0.3 is 0 Å². The van der Waals surface area contributed by atoms with E-state index in [2.05, 4.69) is 0 Å². The molecule has 2 N–H and O–H groups in total. The summed E-state index contributed by atoms with van der Waals surface area (Å²) in [6, 6.07) is 13.3. The number of aromatic hydroxyl groups is 1. The summed E-state index contributed by atoms with van der Waals surface area (Å²) in [6.07, 6.45) is 0. The largest absolute Gasteiger partial charge is 0.508 e. The highest BCUT2D eigenvalue weighted by Gasteiger charge is 2.13. The number of hydrogen-bond acceptors (Lipinski definition) is 5. The normalized spacial score (nSPS) is 10.2. The fourth-order valence-corrected chi connectivity index (χ4v) is 2.31. The second-order valence-corrected chi connectivity index (χ2v) is 4.93. The van der Waals surface area contributed by atoms with Gasteiger partial charge in [-0.3, -0.25) is 10.0 Å². The molecule has 4 nitrogen and oxygen atoms in total. The summed E-state index contributed by atoms with van der Waals surface area (Å²) in [5, 5.41) is 19.2. The van der Waals surface area contributed by atoms with Crippen molar-refractivity contribution in [2.75, 3.05) is 4.47 Å². The minimum absolute atomic E-state index is 0.110. The lowest BCUT2D eigenvalue weighted by atomic mass is 10.1. The molecule has 0 aliphatic rings. The summed E-state index contributed by atoms with van der Waals surface area (Å²) in [4.78, 5) is 12.2. The van der Waals surface area contributed by atoms with Crippen LogP contribution in [0.15, 0.2) is 53.4 Å². The molecule has 0 unspecified atom stereocenters. The third-order valence-electron chi connectivity index (χ3n) is 2.52. The van der Waals surface area contributed by atoms with E-state index < -0.39 is 0 Å². The Labute approximate surface area is 115 Å². The minimum atomic E-state index is -0.110. The SMILES string of the molecule is CC(=O)c1ccccc1N(O)Sc1ccc(O)cc1. The van der Waals surface area contributed by atoms with Crippen LogP contribution in [0.25, 0.3) is 0 Å². The molecule has 0 bridgehead atoms. The number of Topliss-reactive ketones (excluding diaryl/α,β-unsaturated/α-hetero) is 1. The molecule has 0 spiro atoms. The average molecular weight is 275 g/mol. The van der Waals surface area contributed by atoms with Crippen LogP contribution in [0.2, 0.25) is 0 Å². The number of hydrogen-bond donors (Lipinski definition) is 2. The average Bonchev–Trinajstić information content (AvgIpc) is 2.41. The maximum Gasteiger partial charge on any atom is 0.162 e. The van der Waals surface area contributed by atoms with E-state index in [1.165, 1.54) is 19.1 Å². The Balaban J connectivity index is 2.22. The molecule has 98 valence electrons. The molecule has 2 aromatic carbocycles. The van der Waals surface area contributed by atoms with Crippen LogP contribution in [0.3, 0.4) is 0 Å².